The van der Waals surface area contributed by atoms with Crippen molar-refractivity contribution in [2.24, 2.45) is 13.0 Å². The van der Waals surface area contributed by atoms with Gasteiger partial charge in [-0.25, -0.2) is 19.7 Å². The summed E-state index contributed by atoms with van der Waals surface area (Å²) < 4.78 is 4.70. The SMILES string of the molecule is Cc1csc2c(N3CCC(Cn4c(=O)n(C)c5cccnc54)CC3)ncnc12. The summed E-state index contributed by atoms with van der Waals surface area (Å²) in [7, 11) is 1.81. The number of hydrogen-bond donors (Lipinski definition) is 0. The molecule has 1 aliphatic rings. The standard InChI is InChI=1S/C20H22N6OS/c1-13-11-28-17-16(13)22-12-23-19(17)25-8-5-14(6-9-25)10-26-18-15(4-3-7-21-18)24(2)20(26)27/h3-4,7,11-12,14H,5-6,8-10H2,1-2H3. The predicted octanol–water partition coefficient (Wildman–Crippen LogP) is 2.96. The third-order valence-corrected chi connectivity index (χ3v) is 6.85. The van der Waals surface area contributed by atoms with Crippen molar-refractivity contribution in [1.82, 2.24) is 24.1 Å². The van der Waals surface area contributed by atoms with Crippen molar-refractivity contribution in [2.75, 3.05) is 18.0 Å². The highest BCUT2D eigenvalue weighted by molar-refractivity contribution is 7.18. The summed E-state index contributed by atoms with van der Waals surface area (Å²) in [6, 6.07) is 3.82. The lowest BCUT2D eigenvalue weighted by atomic mass is 9.96. The highest BCUT2D eigenvalue weighted by Crippen LogP contribution is 2.33. The van der Waals surface area contributed by atoms with E-state index in [0.29, 0.717) is 5.92 Å². The molecule has 28 heavy (non-hydrogen) atoms. The largest absolute Gasteiger partial charge is 0.355 e. The van der Waals surface area contributed by atoms with Crippen LogP contribution in [-0.4, -0.2) is 37.2 Å². The van der Waals surface area contributed by atoms with Crippen LogP contribution in [-0.2, 0) is 13.6 Å². The van der Waals surface area contributed by atoms with Crippen molar-refractivity contribution in [3.63, 3.8) is 0 Å². The van der Waals surface area contributed by atoms with Crippen LogP contribution in [0.15, 0.2) is 34.8 Å². The zero-order valence-corrected chi connectivity index (χ0v) is 16.8. The lowest BCUT2D eigenvalue weighted by molar-refractivity contribution is 0.354. The second-order valence-electron chi connectivity index (χ2n) is 7.52. The molecule has 8 heteroatoms. The highest BCUT2D eigenvalue weighted by Gasteiger charge is 2.24. The van der Waals surface area contributed by atoms with E-state index in [9.17, 15) is 4.79 Å². The molecule has 0 N–H and O–H groups in total. The summed E-state index contributed by atoms with van der Waals surface area (Å²) in [4.78, 5) is 28.5. The number of hydrogen-bond acceptors (Lipinski definition) is 6. The lowest BCUT2D eigenvalue weighted by Crippen LogP contribution is -2.37. The second-order valence-corrected chi connectivity index (χ2v) is 8.40. The monoisotopic (exact) mass is 394 g/mol. The maximum atomic E-state index is 12.7. The van der Waals surface area contributed by atoms with E-state index < -0.39 is 0 Å². The van der Waals surface area contributed by atoms with Gasteiger partial charge < -0.3 is 4.90 Å². The number of rotatable bonds is 3. The maximum absolute atomic E-state index is 12.7. The minimum Gasteiger partial charge on any atom is -0.355 e. The van der Waals surface area contributed by atoms with Crippen LogP contribution in [0.1, 0.15) is 18.4 Å². The number of piperidine rings is 1. The average molecular weight is 395 g/mol. The molecule has 7 nitrogen and oxygen atoms in total. The molecular formula is C20H22N6OS. The van der Waals surface area contributed by atoms with E-state index in [2.05, 4.69) is 32.2 Å². The van der Waals surface area contributed by atoms with Crippen molar-refractivity contribution >= 4 is 38.5 Å². The summed E-state index contributed by atoms with van der Waals surface area (Å²) in [5, 5.41) is 2.15. The van der Waals surface area contributed by atoms with E-state index in [0.717, 1.165) is 55.0 Å². The molecule has 0 saturated carbocycles. The van der Waals surface area contributed by atoms with E-state index in [1.807, 2.05) is 23.7 Å². The lowest BCUT2D eigenvalue weighted by Gasteiger charge is -2.33. The zero-order valence-electron chi connectivity index (χ0n) is 16.0. The number of imidazole rings is 1. The van der Waals surface area contributed by atoms with E-state index in [-0.39, 0.29) is 5.69 Å². The number of anilines is 1. The summed E-state index contributed by atoms with van der Waals surface area (Å²) in [6.07, 6.45) is 5.49. The van der Waals surface area contributed by atoms with E-state index in [4.69, 9.17) is 0 Å². The van der Waals surface area contributed by atoms with Gasteiger partial charge in [-0.15, -0.1) is 11.3 Å². The third kappa shape index (κ3) is 2.71. The first-order valence-corrected chi connectivity index (χ1v) is 10.5. The van der Waals surface area contributed by atoms with E-state index >= 15 is 0 Å². The summed E-state index contributed by atoms with van der Waals surface area (Å²) in [5.41, 5.74) is 3.96. The van der Waals surface area contributed by atoms with Crippen molar-refractivity contribution in [3.8, 4) is 0 Å². The summed E-state index contributed by atoms with van der Waals surface area (Å²) in [6.45, 7) is 4.71. The Morgan fingerprint density at radius 1 is 1.21 bits per heavy atom. The summed E-state index contributed by atoms with van der Waals surface area (Å²) >= 11 is 1.72. The van der Waals surface area contributed by atoms with Gasteiger partial charge in [0.1, 0.15) is 12.1 Å². The fourth-order valence-electron chi connectivity index (χ4n) is 4.17. The smallest absolute Gasteiger partial charge is 0.330 e. The molecule has 0 spiro atoms. The third-order valence-electron chi connectivity index (χ3n) is 5.77. The molecule has 0 atom stereocenters. The molecule has 1 aliphatic heterocycles. The summed E-state index contributed by atoms with van der Waals surface area (Å²) in [5.74, 6) is 1.51. The van der Waals surface area contributed by atoms with Crippen molar-refractivity contribution in [2.45, 2.75) is 26.3 Å². The van der Waals surface area contributed by atoms with E-state index in [1.54, 1.807) is 28.4 Å². The Hall–Kier alpha value is -2.74. The van der Waals surface area contributed by atoms with Crippen molar-refractivity contribution < 1.29 is 0 Å². The quantitative estimate of drug-likeness (QED) is 0.534. The highest BCUT2D eigenvalue weighted by atomic mass is 32.1. The van der Waals surface area contributed by atoms with Crippen LogP contribution in [0.2, 0.25) is 0 Å². The number of aromatic nitrogens is 5. The number of pyridine rings is 1. The molecular weight excluding hydrogens is 372 g/mol. The molecule has 0 aromatic carbocycles. The maximum Gasteiger partial charge on any atom is 0.330 e. The fourth-order valence-corrected chi connectivity index (χ4v) is 5.18. The molecule has 5 rings (SSSR count). The molecule has 1 fully saturated rings. The molecule has 0 aliphatic carbocycles. The minimum absolute atomic E-state index is 0.0164. The first-order valence-electron chi connectivity index (χ1n) is 9.57. The average Bonchev–Trinajstić information content (AvgIpc) is 3.22. The first kappa shape index (κ1) is 17.4. The Morgan fingerprint density at radius 2 is 2.04 bits per heavy atom. The number of aryl methyl sites for hydroxylation is 2. The van der Waals surface area contributed by atoms with Gasteiger partial charge in [0.25, 0.3) is 0 Å². The Kier molecular flexibility index (Phi) is 4.16. The van der Waals surface area contributed by atoms with Crippen molar-refractivity contribution in [3.05, 3.63) is 46.1 Å². The van der Waals surface area contributed by atoms with Gasteiger partial charge >= 0.3 is 5.69 Å². The van der Waals surface area contributed by atoms with Gasteiger partial charge in [-0.05, 0) is 48.8 Å². The molecule has 4 aromatic rings. The normalized spacial score (nSPS) is 15.7. The van der Waals surface area contributed by atoms with Crippen LogP contribution in [0.25, 0.3) is 21.4 Å². The van der Waals surface area contributed by atoms with Crippen LogP contribution in [0, 0.1) is 12.8 Å². The van der Waals surface area contributed by atoms with Gasteiger partial charge in [0, 0.05) is 32.9 Å². The van der Waals surface area contributed by atoms with Gasteiger partial charge in [0.05, 0.1) is 15.7 Å². The number of nitrogens with zero attached hydrogens (tertiary/aromatic N) is 6. The zero-order chi connectivity index (χ0) is 19.3. The Labute approximate surface area is 166 Å². The predicted molar refractivity (Wildman–Crippen MR) is 112 cm³/mol. The second kappa shape index (κ2) is 6.70. The minimum atomic E-state index is 0.0164. The van der Waals surface area contributed by atoms with Crippen LogP contribution in [0.4, 0.5) is 5.82 Å². The van der Waals surface area contributed by atoms with Gasteiger partial charge in [-0.3, -0.25) is 9.13 Å². The Bertz CT molecular complexity index is 1210. The fraction of sp³-hybridized carbons (Fsp3) is 0.400. The van der Waals surface area contributed by atoms with Gasteiger partial charge in [-0.2, -0.15) is 0 Å². The molecule has 0 amide bonds. The van der Waals surface area contributed by atoms with Crippen molar-refractivity contribution in [1.29, 1.82) is 0 Å². The number of thiophene rings is 1. The van der Waals surface area contributed by atoms with Gasteiger partial charge in [0.2, 0.25) is 0 Å². The molecule has 5 heterocycles. The van der Waals surface area contributed by atoms with Crippen LogP contribution < -0.4 is 10.6 Å². The molecule has 0 unspecified atom stereocenters. The van der Waals surface area contributed by atoms with Gasteiger partial charge in [-0.1, -0.05) is 0 Å². The molecule has 4 aromatic heterocycles. The molecule has 1 saturated heterocycles. The topological polar surface area (TPSA) is 68.8 Å². The Morgan fingerprint density at radius 3 is 2.86 bits per heavy atom. The van der Waals surface area contributed by atoms with Crippen LogP contribution >= 0.6 is 11.3 Å². The first-order chi connectivity index (χ1) is 13.6. The van der Waals surface area contributed by atoms with E-state index in [1.165, 1.54) is 10.3 Å². The van der Waals surface area contributed by atoms with Crippen LogP contribution in [0.5, 0.6) is 0 Å². The molecule has 0 radical (unpaired) electrons. The van der Waals surface area contributed by atoms with Gasteiger partial charge in [0.15, 0.2) is 5.65 Å². The Balaban J connectivity index is 1.36. The van der Waals surface area contributed by atoms with Crippen LogP contribution in [0.3, 0.4) is 0 Å². The number of fused-ring (bicyclic) bond motifs is 2. The molecule has 0 bridgehead atoms. The molecule has 144 valence electrons.